The predicted molar refractivity (Wildman–Crippen MR) is 159 cm³/mol. The van der Waals surface area contributed by atoms with Crippen molar-refractivity contribution in [3.05, 3.63) is 47.5 Å². The molecule has 0 spiro atoms. The molecule has 40 heavy (non-hydrogen) atoms. The van der Waals surface area contributed by atoms with Crippen LogP contribution in [-0.4, -0.2) is 89.4 Å². The Kier molecular flexibility index (Phi) is 12.9. The number of benzene rings is 1. The van der Waals surface area contributed by atoms with Crippen molar-refractivity contribution in [2.24, 2.45) is 0 Å². The first-order valence-electron chi connectivity index (χ1n) is 14.9. The van der Waals surface area contributed by atoms with E-state index in [1.54, 1.807) is 4.90 Å². The number of carbonyl (C=O) groups excluding carboxylic acids is 1. The molecule has 0 saturated heterocycles. The number of nitrogens with one attached hydrogen (secondary N) is 2. The number of hydrogen-bond donors (Lipinski definition) is 2. The standard InChI is InChI=1S/C29H49N7O3S/c1-5-35(6-2)21-14-22-40(38,39)33-26(20-19-24-15-10-8-11-16-24)28-30-27(31-32-28)23-36(7-3)29(37)34(4)25-17-12-9-13-18-25/h8,10-11,15-16,25-26,33H,5-7,9,12-14,17-23H2,1-4H3,(H,30,31,32)/t26-/m1/s1. The number of amides is 2. The van der Waals surface area contributed by atoms with E-state index in [9.17, 15) is 13.2 Å². The van der Waals surface area contributed by atoms with Crippen molar-refractivity contribution in [3.63, 3.8) is 0 Å². The lowest BCUT2D eigenvalue weighted by atomic mass is 9.95. The topological polar surface area (TPSA) is 115 Å². The van der Waals surface area contributed by atoms with Crippen LogP contribution in [0.1, 0.15) is 89.0 Å². The van der Waals surface area contributed by atoms with E-state index in [1.165, 1.54) is 6.42 Å². The van der Waals surface area contributed by atoms with Gasteiger partial charge in [-0.1, -0.05) is 63.4 Å². The number of carbonyl (C=O) groups is 1. The summed E-state index contributed by atoms with van der Waals surface area (Å²) in [6, 6.07) is 9.71. The molecule has 1 fully saturated rings. The zero-order valence-electron chi connectivity index (χ0n) is 24.8. The van der Waals surface area contributed by atoms with Crippen LogP contribution >= 0.6 is 0 Å². The highest BCUT2D eigenvalue weighted by molar-refractivity contribution is 7.89. The summed E-state index contributed by atoms with van der Waals surface area (Å²) in [6.07, 6.45) is 7.44. The molecule has 1 aliphatic rings. The third kappa shape index (κ3) is 9.85. The van der Waals surface area contributed by atoms with Crippen molar-refractivity contribution in [1.29, 1.82) is 0 Å². The molecule has 1 saturated carbocycles. The zero-order chi connectivity index (χ0) is 29.0. The van der Waals surface area contributed by atoms with Crippen molar-refractivity contribution in [3.8, 4) is 0 Å². The second-order valence-corrected chi connectivity index (χ2v) is 12.6. The fourth-order valence-electron chi connectivity index (χ4n) is 5.37. The van der Waals surface area contributed by atoms with Crippen molar-refractivity contribution in [1.82, 2.24) is 34.6 Å². The highest BCUT2D eigenvalue weighted by atomic mass is 32.2. The summed E-state index contributed by atoms with van der Waals surface area (Å²) in [6.45, 7) is 9.47. The summed E-state index contributed by atoms with van der Waals surface area (Å²) in [5, 5.41) is 7.35. The third-order valence-electron chi connectivity index (χ3n) is 7.96. The molecule has 1 heterocycles. The molecule has 2 aromatic rings. The highest BCUT2D eigenvalue weighted by Crippen LogP contribution is 2.23. The Labute approximate surface area is 241 Å². The third-order valence-corrected chi connectivity index (χ3v) is 9.43. The van der Waals surface area contributed by atoms with Gasteiger partial charge in [-0.15, -0.1) is 0 Å². The highest BCUT2D eigenvalue weighted by Gasteiger charge is 2.27. The lowest BCUT2D eigenvalue weighted by Gasteiger charge is -2.34. The average Bonchev–Trinajstić information content (AvgIpc) is 3.45. The van der Waals surface area contributed by atoms with Gasteiger partial charge >= 0.3 is 6.03 Å². The first-order chi connectivity index (χ1) is 19.3. The number of rotatable bonds is 16. The molecular formula is C29H49N7O3S. The molecule has 3 rings (SSSR count). The van der Waals surface area contributed by atoms with Gasteiger partial charge in [-0.3, -0.25) is 5.10 Å². The minimum absolute atomic E-state index is 0.0183. The van der Waals surface area contributed by atoms with E-state index >= 15 is 0 Å². The van der Waals surface area contributed by atoms with Crippen LogP contribution in [0.2, 0.25) is 0 Å². The fourth-order valence-corrected chi connectivity index (χ4v) is 6.66. The number of aromatic amines is 1. The first-order valence-corrected chi connectivity index (χ1v) is 16.6. The molecule has 1 aromatic heterocycles. The Morgan fingerprint density at radius 1 is 1.07 bits per heavy atom. The van der Waals surface area contributed by atoms with E-state index in [0.29, 0.717) is 37.5 Å². The van der Waals surface area contributed by atoms with Crippen LogP contribution in [0, 0.1) is 0 Å². The number of aryl methyl sites for hydroxylation is 1. The number of nitrogens with zero attached hydrogens (tertiary/aromatic N) is 5. The van der Waals surface area contributed by atoms with Crippen LogP contribution < -0.4 is 4.72 Å². The second kappa shape index (κ2) is 16.1. The number of hydrogen-bond acceptors (Lipinski definition) is 6. The molecule has 0 unspecified atom stereocenters. The molecule has 0 bridgehead atoms. The Hall–Kier alpha value is -2.50. The normalized spacial score (nSPS) is 15.3. The van der Waals surface area contributed by atoms with Crippen LogP contribution in [0.5, 0.6) is 0 Å². The zero-order valence-corrected chi connectivity index (χ0v) is 25.6. The SMILES string of the molecule is CCN(CC)CCCS(=O)(=O)N[C@H](CCc1ccccc1)c1nc(CN(CC)C(=O)N(C)C2CCCCC2)n[nH]1. The van der Waals surface area contributed by atoms with Crippen LogP contribution in [-0.2, 0) is 23.0 Å². The Balaban J connectivity index is 1.69. The van der Waals surface area contributed by atoms with Gasteiger partial charge in [0, 0.05) is 19.6 Å². The quantitative estimate of drug-likeness (QED) is 0.308. The van der Waals surface area contributed by atoms with E-state index in [1.807, 2.05) is 49.2 Å². The van der Waals surface area contributed by atoms with Gasteiger partial charge in [-0.05, 0) is 64.2 Å². The Morgan fingerprint density at radius 2 is 1.77 bits per heavy atom. The fraction of sp³-hybridized carbons (Fsp3) is 0.690. The first kappa shape index (κ1) is 32.0. The summed E-state index contributed by atoms with van der Waals surface area (Å²) < 4.78 is 29.0. The maximum Gasteiger partial charge on any atom is 0.320 e. The molecular weight excluding hydrogens is 526 g/mol. The molecule has 1 atom stereocenters. The molecule has 2 N–H and O–H groups in total. The van der Waals surface area contributed by atoms with Crippen LogP contribution in [0.25, 0.3) is 0 Å². The lowest BCUT2D eigenvalue weighted by molar-refractivity contribution is 0.133. The Morgan fingerprint density at radius 3 is 2.42 bits per heavy atom. The molecule has 1 aromatic carbocycles. The lowest BCUT2D eigenvalue weighted by Crippen LogP contribution is -2.46. The summed E-state index contributed by atoms with van der Waals surface area (Å²) in [4.78, 5) is 23.8. The summed E-state index contributed by atoms with van der Waals surface area (Å²) in [5.41, 5.74) is 1.13. The van der Waals surface area contributed by atoms with Crippen molar-refractivity contribution in [2.45, 2.75) is 90.8 Å². The number of urea groups is 1. The van der Waals surface area contributed by atoms with E-state index in [-0.39, 0.29) is 24.4 Å². The molecule has 10 nitrogen and oxygen atoms in total. The minimum Gasteiger partial charge on any atom is -0.325 e. The summed E-state index contributed by atoms with van der Waals surface area (Å²) in [5.74, 6) is 1.01. The largest absolute Gasteiger partial charge is 0.325 e. The molecule has 2 amide bonds. The monoisotopic (exact) mass is 575 g/mol. The summed E-state index contributed by atoms with van der Waals surface area (Å²) >= 11 is 0. The average molecular weight is 576 g/mol. The van der Waals surface area contributed by atoms with Gasteiger partial charge in [0.1, 0.15) is 5.82 Å². The molecule has 0 aliphatic heterocycles. The van der Waals surface area contributed by atoms with Crippen LogP contribution in [0.4, 0.5) is 4.79 Å². The van der Waals surface area contributed by atoms with Crippen molar-refractivity contribution < 1.29 is 13.2 Å². The van der Waals surface area contributed by atoms with E-state index in [0.717, 1.165) is 50.9 Å². The van der Waals surface area contributed by atoms with Gasteiger partial charge in [0.05, 0.1) is 18.3 Å². The van der Waals surface area contributed by atoms with Gasteiger partial charge in [0.2, 0.25) is 10.0 Å². The van der Waals surface area contributed by atoms with Gasteiger partial charge in [-0.2, -0.15) is 5.10 Å². The maximum absolute atomic E-state index is 13.2. The van der Waals surface area contributed by atoms with E-state index in [2.05, 4.69) is 38.7 Å². The molecule has 224 valence electrons. The van der Waals surface area contributed by atoms with Crippen LogP contribution in [0.3, 0.4) is 0 Å². The van der Waals surface area contributed by atoms with Gasteiger partial charge in [0.25, 0.3) is 0 Å². The number of aromatic nitrogens is 3. The Bertz CT molecular complexity index is 1120. The molecule has 11 heteroatoms. The number of sulfonamides is 1. The summed E-state index contributed by atoms with van der Waals surface area (Å²) in [7, 11) is -1.65. The van der Waals surface area contributed by atoms with E-state index in [4.69, 9.17) is 0 Å². The number of H-pyrrole nitrogens is 1. The van der Waals surface area contributed by atoms with Crippen LogP contribution in [0.15, 0.2) is 30.3 Å². The smallest absolute Gasteiger partial charge is 0.320 e. The molecule has 1 aliphatic carbocycles. The minimum atomic E-state index is -3.54. The predicted octanol–water partition coefficient (Wildman–Crippen LogP) is 4.34. The van der Waals surface area contributed by atoms with Gasteiger partial charge < -0.3 is 14.7 Å². The molecule has 0 radical (unpaired) electrons. The van der Waals surface area contributed by atoms with E-state index < -0.39 is 16.1 Å². The maximum atomic E-state index is 13.2. The van der Waals surface area contributed by atoms with Crippen molar-refractivity contribution >= 4 is 16.1 Å². The van der Waals surface area contributed by atoms with Gasteiger partial charge in [-0.25, -0.2) is 22.9 Å². The second-order valence-electron chi connectivity index (χ2n) is 10.7. The van der Waals surface area contributed by atoms with Crippen molar-refractivity contribution in [2.75, 3.05) is 39.0 Å². The van der Waals surface area contributed by atoms with Gasteiger partial charge in [0.15, 0.2) is 5.82 Å².